The number of nitrogens with one attached hydrogen (secondary N) is 1. The van der Waals surface area contributed by atoms with Crippen molar-refractivity contribution in [2.45, 2.75) is 51.7 Å². The van der Waals surface area contributed by atoms with Crippen molar-refractivity contribution < 1.29 is 9.53 Å². The zero-order valence-electron chi connectivity index (χ0n) is 15.6. The molecular formula is C19H30N4O2. The topological polar surface area (TPSA) is 57.7 Å². The van der Waals surface area contributed by atoms with E-state index in [9.17, 15) is 4.79 Å². The van der Waals surface area contributed by atoms with E-state index < -0.39 is 5.60 Å². The minimum absolute atomic E-state index is 0.220. The van der Waals surface area contributed by atoms with E-state index in [1.54, 1.807) is 4.90 Å². The molecule has 1 unspecified atom stereocenters. The molecule has 0 aliphatic carbocycles. The Morgan fingerprint density at radius 1 is 1.24 bits per heavy atom. The first-order valence-corrected chi connectivity index (χ1v) is 9.35. The van der Waals surface area contributed by atoms with Gasteiger partial charge in [0, 0.05) is 44.0 Å². The van der Waals surface area contributed by atoms with E-state index in [4.69, 9.17) is 4.74 Å². The highest BCUT2D eigenvalue weighted by Crippen LogP contribution is 2.30. The van der Waals surface area contributed by atoms with Crippen molar-refractivity contribution in [3.05, 3.63) is 23.9 Å². The molecule has 6 heteroatoms. The number of aromatic nitrogens is 1. The highest BCUT2D eigenvalue weighted by molar-refractivity contribution is 5.68. The summed E-state index contributed by atoms with van der Waals surface area (Å²) in [6.07, 6.45) is 5.32. The first-order chi connectivity index (χ1) is 11.9. The number of amides is 1. The summed E-state index contributed by atoms with van der Waals surface area (Å²) in [5.41, 5.74) is 0.836. The molecule has 1 amide bonds. The van der Waals surface area contributed by atoms with Crippen LogP contribution in [0.3, 0.4) is 0 Å². The van der Waals surface area contributed by atoms with Crippen LogP contribution in [0.4, 0.5) is 10.6 Å². The molecule has 2 aliphatic rings. The molecule has 1 aromatic rings. The Hall–Kier alpha value is -1.82. The third-order valence-corrected chi connectivity index (χ3v) is 4.73. The van der Waals surface area contributed by atoms with Gasteiger partial charge >= 0.3 is 6.09 Å². The maximum atomic E-state index is 12.2. The molecule has 138 valence electrons. The monoisotopic (exact) mass is 346 g/mol. The Kier molecular flexibility index (Phi) is 5.47. The molecule has 0 aromatic carbocycles. The van der Waals surface area contributed by atoms with Gasteiger partial charge in [-0.25, -0.2) is 9.78 Å². The summed E-state index contributed by atoms with van der Waals surface area (Å²) in [4.78, 5) is 21.0. The summed E-state index contributed by atoms with van der Waals surface area (Å²) in [6, 6.07) is 4.60. The van der Waals surface area contributed by atoms with Crippen molar-refractivity contribution in [3.63, 3.8) is 0 Å². The second-order valence-electron chi connectivity index (χ2n) is 7.87. The van der Waals surface area contributed by atoms with Crippen LogP contribution >= 0.6 is 0 Å². The predicted molar refractivity (Wildman–Crippen MR) is 98.9 cm³/mol. The lowest BCUT2D eigenvalue weighted by Gasteiger charge is -2.37. The maximum absolute atomic E-state index is 12.2. The minimum Gasteiger partial charge on any atom is -0.444 e. The van der Waals surface area contributed by atoms with Crippen molar-refractivity contribution in [3.8, 4) is 0 Å². The molecule has 0 bridgehead atoms. The van der Waals surface area contributed by atoms with Gasteiger partial charge in [-0.05, 0) is 46.2 Å². The SMILES string of the molecule is CC(C)(C)OC(=O)N1CCN(c2ncccc2C2CCCCN2)CC1. The van der Waals surface area contributed by atoms with Crippen LogP contribution in [-0.2, 0) is 4.74 Å². The summed E-state index contributed by atoms with van der Waals surface area (Å²) in [6.45, 7) is 9.69. The van der Waals surface area contributed by atoms with Crippen LogP contribution in [0.15, 0.2) is 18.3 Å². The normalized spacial score (nSPS) is 22.0. The summed E-state index contributed by atoms with van der Waals surface area (Å²) in [7, 11) is 0. The summed E-state index contributed by atoms with van der Waals surface area (Å²) < 4.78 is 5.48. The Bertz CT molecular complexity index is 585. The quantitative estimate of drug-likeness (QED) is 0.892. The lowest BCUT2D eigenvalue weighted by molar-refractivity contribution is 0.0240. The number of nitrogens with zero attached hydrogens (tertiary/aromatic N) is 3. The van der Waals surface area contributed by atoms with E-state index in [0.29, 0.717) is 19.1 Å². The average Bonchev–Trinajstić information content (AvgIpc) is 2.61. The number of ether oxygens (including phenoxy) is 1. The standard InChI is InChI=1S/C19H30N4O2/c1-19(2,3)25-18(24)23-13-11-22(12-14-23)17-15(7-6-10-21-17)16-8-4-5-9-20-16/h6-7,10,16,20H,4-5,8-9,11-14H2,1-3H3. The first-order valence-electron chi connectivity index (χ1n) is 9.35. The number of carbonyl (C=O) groups is 1. The van der Waals surface area contributed by atoms with Gasteiger partial charge in [-0.3, -0.25) is 0 Å². The van der Waals surface area contributed by atoms with Gasteiger partial charge in [0.1, 0.15) is 11.4 Å². The second kappa shape index (κ2) is 7.60. The smallest absolute Gasteiger partial charge is 0.410 e. The molecule has 0 spiro atoms. The van der Waals surface area contributed by atoms with Crippen LogP contribution in [-0.4, -0.2) is 54.3 Å². The van der Waals surface area contributed by atoms with Gasteiger partial charge in [-0.1, -0.05) is 12.5 Å². The number of hydrogen-bond donors (Lipinski definition) is 1. The van der Waals surface area contributed by atoms with Gasteiger partial charge in [-0.2, -0.15) is 0 Å². The highest BCUT2D eigenvalue weighted by atomic mass is 16.6. The molecule has 3 rings (SSSR count). The summed E-state index contributed by atoms with van der Waals surface area (Å²) in [5, 5.41) is 3.62. The average molecular weight is 346 g/mol. The lowest BCUT2D eigenvalue weighted by atomic mass is 9.97. The van der Waals surface area contributed by atoms with Crippen molar-refractivity contribution in [2.75, 3.05) is 37.6 Å². The molecule has 0 radical (unpaired) electrons. The number of piperazine rings is 1. The molecule has 6 nitrogen and oxygen atoms in total. The van der Waals surface area contributed by atoms with Crippen LogP contribution in [0.25, 0.3) is 0 Å². The molecule has 0 saturated carbocycles. The number of anilines is 1. The molecule has 2 saturated heterocycles. The van der Waals surface area contributed by atoms with E-state index >= 15 is 0 Å². The van der Waals surface area contributed by atoms with Crippen LogP contribution in [0, 0.1) is 0 Å². The number of hydrogen-bond acceptors (Lipinski definition) is 5. The van der Waals surface area contributed by atoms with Gasteiger partial charge in [0.15, 0.2) is 0 Å². The van der Waals surface area contributed by atoms with Crippen molar-refractivity contribution in [1.82, 2.24) is 15.2 Å². The maximum Gasteiger partial charge on any atom is 0.410 e. The molecule has 2 fully saturated rings. The third kappa shape index (κ3) is 4.63. The number of carbonyl (C=O) groups excluding carboxylic acids is 1. The van der Waals surface area contributed by atoms with E-state index in [1.807, 2.05) is 33.0 Å². The second-order valence-corrected chi connectivity index (χ2v) is 7.87. The van der Waals surface area contributed by atoms with Gasteiger partial charge in [0.05, 0.1) is 0 Å². The molecule has 25 heavy (non-hydrogen) atoms. The van der Waals surface area contributed by atoms with Crippen LogP contribution in [0.2, 0.25) is 0 Å². The Morgan fingerprint density at radius 3 is 2.64 bits per heavy atom. The van der Waals surface area contributed by atoms with Crippen LogP contribution < -0.4 is 10.2 Å². The fourth-order valence-corrected chi connectivity index (χ4v) is 3.49. The van der Waals surface area contributed by atoms with E-state index in [2.05, 4.69) is 21.3 Å². The molecule has 1 atom stereocenters. The van der Waals surface area contributed by atoms with Crippen LogP contribution in [0.5, 0.6) is 0 Å². The fourth-order valence-electron chi connectivity index (χ4n) is 3.49. The van der Waals surface area contributed by atoms with Gasteiger partial charge in [0.25, 0.3) is 0 Å². The van der Waals surface area contributed by atoms with Crippen LogP contribution in [0.1, 0.15) is 51.6 Å². The Morgan fingerprint density at radius 2 is 2.00 bits per heavy atom. The third-order valence-electron chi connectivity index (χ3n) is 4.73. The van der Waals surface area contributed by atoms with Crippen molar-refractivity contribution in [2.24, 2.45) is 0 Å². The van der Waals surface area contributed by atoms with Gasteiger partial charge in [-0.15, -0.1) is 0 Å². The van der Waals surface area contributed by atoms with E-state index in [1.165, 1.54) is 18.4 Å². The van der Waals surface area contributed by atoms with Crippen molar-refractivity contribution >= 4 is 11.9 Å². The lowest BCUT2D eigenvalue weighted by Crippen LogP contribution is -2.50. The number of rotatable bonds is 2. The first kappa shape index (κ1) is 18.0. The highest BCUT2D eigenvalue weighted by Gasteiger charge is 2.28. The zero-order valence-corrected chi connectivity index (χ0v) is 15.6. The Balaban J connectivity index is 1.64. The predicted octanol–water partition coefficient (Wildman–Crippen LogP) is 2.95. The zero-order chi connectivity index (χ0) is 17.9. The molecule has 3 heterocycles. The molecule has 1 aromatic heterocycles. The van der Waals surface area contributed by atoms with Crippen molar-refractivity contribution in [1.29, 1.82) is 0 Å². The number of piperidine rings is 1. The summed E-state index contributed by atoms with van der Waals surface area (Å²) >= 11 is 0. The van der Waals surface area contributed by atoms with Gasteiger partial charge in [0.2, 0.25) is 0 Å². The minimum atomic E-state index is -0.449. The largest absolute Gasteiger partial charge is 0.444 e. The number of pyridine rings is 1. The summed E-state index contributed by atoms with van der Waals surface area (Å²) in [5.74, 6) is 1.06. The van der Waals surface area contributed by atoms with Gasteiger partial charge < -0.3 is 19.9 Å². The van der Waals surface area contributed by atoms with E-state index in [-0.39, 0.29) is 6.09 Å². The Labute approximate surface area is 150 Å². The fraction of sp³-hybridized carbons (Fsp3) is 0.684. The molecule has 1 N–H and O–H groups in total. The molecule has 2 aliphatic heterocycles. The van der Waals surface area contributed by atoms with E-state index in [0.717, 1.165) is 31.9 Å². The molecular weight excluding hydrogens is 316 g/mol.